The zero-order valence-corrected chi connectivity index (χ0v) is 20.3. The first kappa shape index (κ1) is 25.0. The molecule has 0 aromatic heterocycles. The van der Waals surface area contributed by atoms with Crippen LogP contribution in [0.15, 0.2) is 78.9 Å². The molecule has 0 aliphatic carbocycles. The zero-order chi connectivity index (χ0) is 25.5. The molecule has 4 rings (SSSR count). The minimum absolute atomic E-state index is 0.152. The summed E-state index contributed by atoms with van der Waals surface area (Å²) in [6, 6.07) is 23.2. The molecule has 0 fully saturated rings. The lowest BCUT2D eigenvalue weighted by Crippen LogP contribution is -2.54. The maximum Gasteiger partial charge on any atom is 0.319 e. The third-order valence-corrected chi connectivity index (χ3v) is 6.53. The highest BCUT2D eigenvalue weighted by Gasteiger charge is 2.35. The summed E-state index contributed by atoms with van der Waals surface area (Å²) in [5.41, 5.74) is 4.81. The topological polar surface area (TPSA) is 98.7 Å². The molecule has 7 nitrogen and oxygen atoms in total. The molecule has 0 radical (unpaired) electrons. The van der Waals surface area contributed by atoms with Crippen molar-refractivity contribution in [3.8, 4) is 0 Å². The number of benzene rings is 3. The van der Waals surface area contributed by atoms with E-state index in [-0.39, 0.29) is 12.3 Å². The Hall–Kier alpha value is -4.13. The van der Waals surface area contributed by atoms with Gasteiger partial charge in [-0.3, -0.25) is 9.59 Å². The number of rotatable bonds is 8. The number of carbonyl (C=O) groups excluding carboxylic acids is 2. The maximum atomic E-state index is 13.8. The van der Waals surface area contributed by atoms with Gasteiger partial charge in [0.25, 0.3) is 0 Å². The van der Waals surface area contributed by atoms with E-state index in [0.717, 1.165) is 22.3 Å². The number of amides is 3. The first-order chi connectivity index (χ1) is 17.4. The largest absolute Gasteiger partial charge is 0.481 e. The molecule has 1 unspecified atom stereocenters. The highest BCUT2D eigenvalue weighted by atomic mass is 16.4. The van der Waals surface area contributed by atoms with Gasteiger partial charge < -0.3 is 20.6 Å². The van der Waals surface area contributed by atoms with Crippen LogP contribution in [0, 0.1) is 6.92 Å². The Labute approximate surface area is 211 Å². The second-order valence-electron chi connectivity index (χ2n) is 9.23. The van der Waals surface area contributed by atoms with Crippen LogP contribution in [-0.4, -0.2) is 40.0 Å². The first-order valence-corrected chi connectivity index (χ1v) is 12.2. The summed E-state index contributed by atoms with van der Waals surface area (Å²) in [4.78, 5) is 40.0. The average Bonchev–Trinajstić information content (AvgIpc) is 2.87. The van der Waals surface area contributed by atoms with Crippen molar-refractivity contribution < 1.29 is 19.5 Å². The van der Waals surface area contributed by atoms with Crippen molar-refractivity contribution in [2.45, 2.75) is 51.2 Å². The van der Waals surface area contributed by atoms with E-state index in [0.29, 0.717) is 31.5 Å². The summed E-state index contributed by atoms with van der Waals surface area (Å²) in [5, 5.41) is 15.2. The Morgan fingerprint density at radius 2 is 1.61 bits per heavy atom. The second kappa shape index (κ2) is 11.5. The predicted octanol–water partition coefficient (Wildman–Crippen LogP) is 4.55. The van der Waals surface area contributed by atoms with Gasteiger partial charge in [0.2, 0.25) is 5.91 Å². The molecule has 1 aliphatic rings. The maximum absolute atomic E-state index is 13.8. The number of nitrogens with zero attached hydrogens (tertiary/aromatic N) is 1. The normalized spacial score (nSPS) is 15.5. The van der Waals surface area contributed by atoms with Crippen LogP contribution in [0.5, 0.6) is 0 Å². The first-order valence-electron chi connectivity index (χ1n) is 12.2. The summed E-state index contributed by atoms with van der Waals surface area (Å²) < 4.78 is 0. The van der Waals surface area contributed by atoms with Gasteiger partial charge in [-0.2, -0.15) is 0 Å². The van der Waals surface area contributed by atoms with E-state index in [4.69, 9.17) is 0 Å². The standard InChI is InChI=1S/C29H31N3O4/c1-20-11-14-24(15-12-20)30-29(36)31-26(16-13-21-7-3-2-4-8-21)28(35)32-19-23-10-6-5-9-22(23)17-25(32)18-27(33)34/h2-12,14-15,25-26H,13,16-19H2,1H3,(H,33,34)(H2,30,31,36)/t25-,26?/m1/s1. The van der Waals surface area contributed by atoms with Gasteiger partial charge in [-0.15, -0.1) is 0 Å². The van der Waals surface area contributed by atoms with Crippen molar-refractivity contribution in [3.05, 3.63) is 101 Å². The van der Waals surface area contributed by atoms with Gasteiger partial charge in [-0.25, -0.2) is 4.79 Å². The van der Waals surface area contributed by atoms with E-state index in [1.54, 1.807) is 17.0 Å². The van der Waals surface area contributed by atoms with Crippen molar-refractivity contribution in [2.24, 2.45) is 0 Å². The third kappa shape index (κ3) is 6.50. The molecular formula is C29H31N3O4. The van der Waals surface area contributed by atoms with Gasteiger partial charge >= 0.3 is 12.0 Å². The predicted molar refractivity (Wildman–Crippen MR) is 139 cm³/mol. The number of urea groups is 1. The Kier molecular flexibility index (Phi) is 8.00. The lowest BCUT2D eigenvalue weighted by atomic mass is 9.91. The van der Waals surface area contributed by atoms with Crippen molar-refractivity contribution in [1.29, 1.82) is 0 Å². The van der Waals surface area contributed by atoms with Gasteiger partial charge in [0.1, 0.15) is 6.04 Å². The van der Waals surface area contributed by atoms with Crippen LogP contribution in [0.1, 0.15) is 35.1 Å². The number of carboxylic acid groups (broad SMARTS) is 1. The molecule has 0 saturated heterocycles. The molecule has 0 saturated carbocycles. The average molecular weight is 486 g/mol. The minimum Gasteiger partial charge on any atom is -0.481 e. The van der Waals surface area contributed by atoms with Crippen LogP contribution in [0.2, 0.25) is 0 Å². The lowest BCUT2D eigenvalue weighted by molar-refractivity contribution is -0.142. The van der Waals surface area contributed by atoms with Gasteiger partial charge in [0.05, 0.1) is 6.42 Å². The number of anilines is 1. The van der Waals surface area contributed by atoms with Gasteiger partial charge in [-0.05, 0) is 55.0 Å². The molecule has 0 bridgehead atoms. The van der Waals surface area contributed by atoms with Gasteiger partial charge in [0.15, 0.2) is 0 Å². The quantitative estimate of drug-likeness (QED) is 0.436. The second-order valence-corrected chi connectivity index (χ2v) is 9.23. The molecule has 2 atom stereocenters. The molecular weight excluding hydrogens is 454 g/mol. The molecule has 3 aromatic carbocycles. The molecule has 1 aliphatic heterocycles. The van der Waals surface area contributed by atoms with Crippen molar-refractivity contribution in [2.75, 3.05) is 5.32 Å². The van der Waals surface area contributed by atoms with Gasteiger partial charge in [0, 0.05) is 18.3 Å². The number of aliphatic carboxylic acids is 1. The Balaban J connectivity index is 1.55. The zero-order valence-electron chi connectivity index (χ0n) is 20.3. The summed E-state index contributed by atoms with van der Waals surface area (Å²) in [6.07, 6.45) is 1.30. The smallest absolute Gasteiger partial charge is 0.319 e. The lowest BCUT2D eigenvalue weighted by Gasteiger charge is -2.38. The Morgan fingerprint density at radius 3 is 2.31 bits per heavy atom. The van der Waals surface area contributed by atoms with Crippen molar-refractivity contribution in [1.82, 2.24) is 10.2 Å². The van der Waals surface area contributed by atoms with E-state index >= 15 is 0 Å². The van der Waals surface area contributed by atoms with Crippen LogP contribution in [0.25, 0.3) is 0 Å². The highest BCUT2D eigenvalue weighted by Crippen LogP contribution is 2.26. The van der Waals surface area contributed by atoms with Crippen LogP contribution in [0.4, 0.5) is 10.5 Å². The monoisotopic (exact) mass is 485 g/mol. The molecule has 1 heterocycles. The molecule has 3 amide bonds. The number of fused-ring (bicyclic) bond motifs is 1. The summed E-state index contributed by atoms with van der Waals surface area (Å²) in [7, 11) is 0. The van der Waals surface area contributed by atoms with E-state index in [1.165, 1.54) is 0 Å². The minimum atomic E-state index is -0.955. The number of carboxylic acids is 1. The van der Waals surface area contributed by atoms with E-state index in [2.05, 4.69) is 10.6 Å². The molecule has 0 spiro atoms. The van der Waals surface area contributed by atoms with E-state index < -0.39 is 24.1 Å². The number of hydrogen-bond acceptors (Lipinski definition) is 3. The molecule has 3 aromatic rings. The van der Waals surface area contributed by atoms with Gasteiger partial charge in [-0.1, -0.05) is 72.3 Å². The Morgan fingerprint density at radius 1 is 0.944 bits per heavy atom. The van der Waals surface area contributed by atoms with Crippen LogP contribution >= 0.6 is 0 Å². The van der Waals surface area contributed by atoms with E-state index in [1.807, 2.05) is 73.7 Å². The van der Waals surface area contributed by atoms with Crippen molar-refractivity contribution >= 4 is 23.6 Å². The highest BCUT2D eigenvalue weighted by molar-refractivity contribution is 5.94. The Bertz CT molecular complexity index is 1210. The van der Waals surface area contributed by atoms with Crippen molar-refractivity contribution in [3.63, 3.8) is 0 Å². The fraction of sp³-hybridized carbons (Fsp3) is 0.276. The summed E-state index contributed by atoms with van der Waals surface area (Å²) in [5.74, 6) is -1.23. The molecule has 7 heteroatoms. The molecule has 3 N–H and O–H groups in total. The number of nitrogens with one attached hydrogen (secondary N) is 2. The fourth-order valence-electron chi connectivity index (χ4n) is 4.60. The van der Waals surface area contributed by atoms with Crippen LogP contribution in [0.3, 0.4) is 0 Å². The number of carbonyl (C=O) groups is 3. The van der Waals surface area contributed by atoms with Crippen LogP contribution in [-0.2, 0) is 29.0 Å². The molecule has 36 heavy (non-hydrogen) atoms. The van der Waals surface area contributed by atoms with Crippen LogP contribution < -0.4 is 10.6 Å². The number of aryl methyl sites for hydroxylation is 2. The SMILES string of the molecule is Cc1ccc(NC(=O)NC(CCc2ccccc2)C(=O)N2Cc3ccccc3C[C@@H]2CC(=O)O)cc1. The molecule has 186 valence electrons. The number of hydrogen-bond donors (Lipinski definition) is 3. The summed E-state index contributed by atoms with van der Waals surface area (Å²) in [6.45, 7) is 2.28. The van der Waals surface area contributed by atoms with E-state index in [9.17, 15) is 19.5 Å². The third-order valence-electron chi connectivity index (χ3n) is 6.53. The fourth-order valence-corrected chi connectivity index (χ4v) is 4.60. The summed E-state index contributed by atoms with van der Waals surface area (Å²) >= 11 is 0.